The van der Waals surface area contributed by atoms with E-state index >= 15 is 0 Å². The molecule has 0 aliphatic heterocycles. The van der Waals surface area contributed by atoms with Gasteiger partial charge in [-0.3, -0.25) is 4.79 Å². The van der Waals surface area contributed by atoms with Crippen molar-refractivity contribution in [3.05, 3.63) is 16.3 Å². The average molecular weight is 244 g/mol. The number of amides is 1. The number of hydrogen-bond donors (Lipinski definition) is 3. The molecule has 0 bridgehead atoms. The second-order valence-corrected chi connectivity index (χ2v) is 4.35. The second-order valence-electron chi connectivity index (χ2n) is 3.43. The predicted molar refractivity (Wildman–Crippen MR) is 62.9 cm³/mol. The number of nitrogens with two attached hydrogens (primary N) is 1. The van der Waals surface area contributed by atoms with E-state index in [4.69, 9.17) is 15.6 Å². The molecule has 0 aromatic carbocycles. The summed E-state index contributed by atoms with van der Waals surface area (Å²) >= 11 is 1.30. The Morgan fingerprint density at radius 2 is 2.44 bits per heavy atom. The first-order chi connectivity index (χ1) is 7.56. The van der Waals surface area contributed by atoms with Crippen LogP contribution in [0.5, 0.6) is 5.75 Å². The Kier molecular flexibility index (Phi) is 4.72. The number of aliphatic hydroxyl groups excluding tert-OH is 1. The zero-order valence-corrected chi connectivity index (χ0v) is 10.1. The van der Waals surface area contributed by atoms with E-state index in [2.05, 4.69) is 5.32 Å². The Bertz CT molecular complexity index is 352. The number of rotatable bonds is 5. The van der Waals surface area contributed by atoms with E-state index in [0.717, 1.165) is 0 Å². The number of methoxy groups -OCH3 is 1. The van der Waals surface area contributed by atoms with E-state index < -0.39 is 12.1 Å². The molecule has 2 atom stereocenters. The third-order valence-electron chi connectivity index (χ3n) is 2.17. The molecule has 0 aliphatic rings. The van der Waals surface area contributed by atoms with Crippen molar-refractivity contribution in [3.63, 3.8) is 0 Å². The van der Waals surface area contributed by atoms with Crippen LogP contribution >= 0.6 is 11.3 Å². The third-order valence-corrected chi connectivity index (χ3v) is 3.07. The lowest BCUT2D eigenvalue weighted by atomic mass is 10.2. The van der Waals surface area contributed by atoms with E-state index in [1.165, 1.54) is 18.4 Å². The van der Waals surface area contributed by atoms with Gasteiger partial charge in [0.2, 0.25) is 0 Å². The third kappa shape index (κ3) is 3.19. The van der Waals surface area contributed by atoms with Gasteiger partial charge < -0.3 is 20.9 Å². The summed E-state index contributed by atoms with van der Waals surface area (Å²) < 4.78 is 5.03. The van der Waals surface area contributed by atoms with E-state index in [1.54, 1.807) is 18.4 Å². The van der Waals surface area contributed by atoms with Gasteiger partial charge in [0, 0.05) is 12.6 Å². The predicted octanol–water partition coefficient (Wildman–Crippen LogP) is 0.195. The fourth-order valence-corrected chi connectivity index (χ4v) is 1.86. The Labute approximate surface area is 98.2 Å². The SMILES string of the molecule is COc1ccsc1C(=O)NCC(N)C(C)O. The molecule has 0 radical (unpaired) electrons. The number of hydrogen-bond acceptors (Lipinski definition) is 5. The average Bonchev–Trinajstić information content (AvgIpc) is 2.73. The van der Waals surface area contributed by atoms with E-state index in [1.807, 2.05) is 0 Å². The van der Waals surface area contributed by atoms with Crippen molar-refractivity contribution in [2.24, 2.45) is 5.73 Å². The quantitative estimate of drug-likeness (QED) is 0.690. The Morgan fingerprint density at radius 3 is 3.00 bits per heavy atom. The molecule has 5 nitrogen and oxygen atoms in total. The van der Waals surface area contributed by atoms with Gasteiger partial charge in [-0.2, -0.15) is 0 Å². The second kappa shape index (κ2) is 5.83. The highest BCUT2D eigenvalue weighted by Crippen LogP contribution is 2.23. The van der Waals surface area contributed by atoms with Gasteiger partial charge in [0.15, 0.2) is 0 Å². The molecule has 0 saturated heterocycles. The first kappa shape index (κ1) is 13.0. The Hall–Kier alpha value is -1.11. The fraction of sp³-hybridized carbons (Fsp3) is 0.500. The van der Waals surface area contributed by atoms with Crippen molar-refractivity contribution in [2.75, 3.05) is 13.7 Å². The summed E-state index contributed by atoms with van der Waals surface area (Å²) in [5.41, 5.74) is 5.60. The maximum Gasteiger partial charge on any atom is 0.265 e. The lowest BCUT2D eigenvalue weighted by Crippen LogP contribution is -2.43. The molecule has 4 N–H and O–H groups in total. The van der Waals surface area contributed by atoms with Crippen LogP contribution in [0.2, 0.25) is 0 Å². The van der Waals surface area contributed by atoms with Crippen LogP contribution in [-0.4, -0.2) is 36.8 Å². The highest BCUT2D eigenvalue weighted by molar-refractivity contribution is 7.12. The highest BCUT2D eigenvalue weighted by atomic mass is 32.1. The van der Waals surface area contributed by atoms with Crippen molar-refractivity contribution >= 4 is 17.2 Å². The van der Waals surface area contributed by atoms with Gasteiger partial charge >= 0.3 is 0 Å². The van der Waals surface area contributed by atoms with Gasteiger partial charge in [0.25, 0.3) is 5.91 Å². The smallest absolute Gasteiger partial charge is 0.265 e. The molecule has 0 fully saturated rings. The van der Waals surface area contributed by atoms with Crippen molar-refractivity contribution in [2.45, 2.75) is 19.1 Å². The van der Waals surface area contributed by atoms with Crippen LogP contribution < -0.4 is 15.8 Å². The van der Waals surface area contributed by atoms with Crippen LogP contribution in [0, 0.1) is 0 Å². The van der Waals surface area contributed by atoms with E-state index in [9.17, 15) is 4.79 Å². The molecule has 1 rings (SSSR count). The molecule has 2 unspecified atom stereocenters. The standard InChI is InChI=1S/C10H16N2O3S/c1-6(13)7(11)5-12-10(14)9-8(15-2)3-4-16-9/h3-4,6-7,13H,5,11H2,1-2H3,(H,12,14). The first-order valence-electron chi connectivity index (χ1n) is 4.89. The molecule has 90 valence electrons. The first-order valence-corrected chi connectivity index (χ1v) is 5.77. The van der Waals surface area contributed by atoms with Gasteiger partial charge in [-0.1, -0.05) is 0 Å². The molecule has 0 spiro atoms. The van der Waals surface area contributed by atoms with E-state index in [0.29, 0.717) is 10.6 Å². The minimum atomic E-state index is -0.648. The number of aliphatic hydroxyl groups is 1. The fourth-order valence-electron chi connectivity index (χ4n) is 1.09. The molecule has 1 amide bonds. The maximum absolute atomic E-state index is 11.7. The minimum absolute atomic E-state index is 0.233. The number of carbonyl (C=O) groups excluding carboxylic acids is 1. The summed E-state index contributed by atoms with van der Waals surface area (Å²) in [6.07, 6.45) is -0.648. The van der Waals surface area contributed by atoms with Gasteiger partial charge in [-0.15, -0.1) is 11.3 Å². The summed E-state index contributed by atoms with van der Waals surface area (Å²) in [7, 11) is 1.51. The van der Waals surface area contributed by atoms with Crippen LogP contribution in [0.4, 0.5) is 0 Å². The van der Waals surface area contributed by atoms with Crippen molar-refractivity contribution < 1.29 is 14.6 Å². The highest BCUT2D eigenvalue weighted by Gasteiger charge is 2.16. The number of thiophene rings is 1. The molecule has 16 heavy (non-hydrogen) atoms. The summed E-state index contributed by atoms with van der Waals surface area (Å²) in [6.45, 7) is 1.82. The lowest BCUT2D eigenvalue weighted by Gasteiger charge is -2.15. The molecule has 1 heterocycles. The number of nitrogens with one attached hydrogen (secondary N) is 1. The van der Waals surface area contributed by atoms with E-state index in [-0.39, 0.29) is 12.5 Å². The summed E-state index contributed by atoms with van der Waals surface area (Å²) in [5.74, 6) is 0.316. The summed E-state index contributed by atoms with van der Waals surface area (Å²) in [4.78, 5) is 12.2. The van der Waals surface area contributed by atoms with Crippen molar-refractivity contribution in [1.29, 1.82) is 0 Å². The molecule has 0 aliphatic carbocycles. The van der Waals surface area contributed by atoms with Crippen LogP contribution in [0.3, 0.4) is 0 Å². The van der Waals surface area contributed by atoms with Crippen LogP contribution in [0.1, 0.15) is 16.6 Å². The molecular weight excluding hydrogens is 228 g/mol. The molecular formula is C10H16N2O3S. The summed E-state index contributed by atoms with van der Waals surface area (Å²) in [6, 6.07) is 1.27. The molecule has 0 saturated carbocycles. The summed E-state index contributed by atoms with van der Waals surface area (Å²) in [5, 5.41) is 13.6. The van der Waals surface area contributed by atoms with Gasteiger partial charge in [0.05, 0.1) is 13.2 Å². The van der Waals surface area contributed by atoms with Crippen LogP contribution in [0.15, 0.2) is 11.4 Å². The Morgan fingerprint density at radius 1 is 1.75 bits per heavy atom. The Balaban J connectivity index is 2.53. The zero-order valence-electron chi connectivity index (χ0n) is 9.27. The zero-order chi connectivity index (χ0) is 12.1. The lowest BCUT2D eigenvalue weighted by molar-refractivity contribution is 0.0939. The van der Waals surface area contributed by atoms with Crippen molar-refractivity contribution in [3.8, 4) is 5.75 Å². The van der Waals surface area contributed by atoms with Crippen LogP contribution in [0.25, 0.3) is 0 Å². The van der Waals surface area contributed by atoms with Gasteiger partial charge in [-0.25, -0.2) is 0 Å². The van der Waals surface area contributed by atoms with Crippen molar-refractivity contribution in [1.82, 2.24) is 5.32 Å². The number of carbonyl (C=O) groups is 1. The monoisotopic (exact) mass is 244 g/mol. The maximum atomic E-state index is 11.7. The normalized spacial score (nSPS) is 14.2. The minimum Gasteiger partial charge on any atom is -0.495 e. The largest absolute Gasteiger partial charge is 0.495 e. The molecule has 1 aromatic heterocycles. The molecule has 6 heteroatoms. The van der Waals surface area contributed by atoms with Crippen LogP contribution in [-0.2, 0) is 0 Å². The molecule has 1 aromatic rings. The van der Waals surface area contributed by atoms with Gasteiger partial charge in [0.1, 0.15) is 10.6 Å². The topological polar surface area (TPSA) is 84.6 Å². The van der Waals surface area contributed by atoms with Gasteiger partial charge in [-0.05, 0) is 18.4 Å². The number of ether oxygens (including phenoxy) is 1.